The number of rotatable bonds is 5. The Bertz CT molecular complexity index is 461. The van der Waals surface area contributed by atoms with Crippen LogP contribution in [0.3, 0.4) is 0 Å². The Morgan fingerprint density at radius 1 is 1.53 bits per heavy atom. The van der Waals surface area contributed by atoms with E-state index < -0.39 is 0 Å². The minimum atomic E-state index is -0.388. The van der Waals surface area contributed by atoms with E-state index in [0.717, 1.165) is 4.47 Å². The molecule has 0 saturated carbocycles. The Morgan fingerprint density at radius 2 is 2.16 bits per heavy atom. The van der Waals surface area contributed by atoms with Crippen molar-refractivity contribution in [2.75, 3.05) is 6.54 Å². The first-order chi connectivity index (χ1) is 8.71. The van der Waals surface area contributed by atoms with Crippen molar-refractivity contribution >= 4 is 33.4 Å². The zero-order chi connectivity index (χ0) is 14.6. The van der Waals surface area contributed by atoms with E-state index in [2.05, 4.69) is 21.2 Å². The molecule has 0 bridgehead atoms. The molecule has 1 aromatic rings. The number of benzene rings is 1. The van der Waals surface area contributed by atoms with E-state index in [0.29, 0.717) is 23.6 Å². The third-order valence-corrected chi connectivity index (χ3v) is 3.57. The zero-order valence-electron chi connectivity index (χ0n) is 11.3. The van der Waals surface area contributed by atoms with Gasteiger partial charge in [-0.3, -0.25) is 4.79 Å². The standard InChI is InChI=1S/C14H19BrClNO2/c1-9(18)7-14(2,3)8-17-13(19)11-6-10(15)4-5-12(11)16/h4-6,9,18H,7-8H2,1-3H3,(H,17,19). The molecule has 2 N–H and O–H groups in total. The van der Waals surface area contributed by atoms with Crippen molar-refractivity contribution in [2.45, 2.75) is 33.3 Å². The van der Waals surface area contributed by atoms with Gasteiger partial charge in [-0.1, -0.05) is 41.4 Å². The van der Waals surface area contributed by atoms with Gasteiger partial charge in [0.05, 0.1) is 16.7 Å². The second kappa shape index (κ2) is 6.73. The fraction of sp³-hybridized carbons (Fsp3) is 0.500. The highest BCUT2D eigenvalue weighted by Gasteiger charge is 2.22. The molecule has 3 nitrogen and oxygen atoms in total. The summed E-state index contributed by atoms with van der Waals surface area (Å²) < 4.78 is 0.810. The number of hydrogen-bond donors (Lipinski definition) is 2. The third kappa shape index (κ3) is 5.51. The molecular weight excluding hydrogens is 330 g/mol. The minimum absolute atomic E-state index is 0.164. The second-order valence-corrected chi connectivity index (χ2v) is 6.85. The van der Waals surface area contributed by atoms with Gasteiger partial charge in [0.1, 0.15) is 0 Å². The summed E-state index contributed by atoms with van der Waals surface area (Å²) in [6, 6.07) is 5.16. The quantitative estimate of drug-likeness (QED) is 0.853. The minimum Gasteiger partial charge on any atom is -0.393 e. The first kappa shape index (κ1) is 16.5. The molecule has 1 unspecified atom stereocenters. The van der Waals surface area contributed by atoms with Gasteiger partial charge in [0.15, 0.2) is 0 Å². The maximum Gasteiger partial charge on any atom is 0.252 e. The van der Waals surface area contributed by atoms with Crippen LogP contribution < -0.4 is 5.32 Å². The Hall–Kier alpha value is -0.580. The summed E-state index contributed by atoms with van der Waals surface area (Å²) in [5, 5.41) is 12.7. The van der Waals surface area contributed by atoms with Gasteiger partial charge in [-0.15, -0.1) is 0 Å². The molecule has 1 atom stereocenters. The van der Waals surface area contributed by atoms with Gasteiger partial charge in [-0.25, -0.2) is 0 Å². The molecule has 0 heterocycles. The predicted octanol–water partition coefficient (Wildman–Crippen LogP) is 3.63. The van der Waals surface area contributed by atoms with Gasteiger partial charge in [-0.2, -0.15) is 0 Å². The number of carbonyl (C=O) groups is 1. The average Bonchev–Trinajstić information content (AvgIpc) is 2.27. The largest absolute Gasteiger partial charge is 0.393 e. The highest BCUT2D eigenvalue weighted by Crippen LogP contribution is 2.23. The van der Waals surface area contributed by atoms with E-state index in [9.17, 15) is 9.90 Å². The summed E-state index contributed by atoms with van der Waals surface area (Å²) in [6.07, 6.45) is 0.237. The molecule has 0 radical (unpaired) electrons. The van der Waals surface area contributed by atoms with E-state index >= 15 is 0 Å². The van der Waals surface area contributed by atoms with Crippen LogP contribution in [0.25, 0.3) is 0 Å². The molecular formula is C14H19BrClNO2. The van der Waals surface area contributed by atoms with E-state index in [1.54, 1.807) is 25.1 Å². The van der Waals surface area contributed by atoms with Gasteiger partial charge >= 0.3 is 0 Å². The molecule has 0 spiro atoms. The monoisotopic (exact) mass is 347 g/mol. The molecule has 0 aliphatic heterocycles. The Kier molecular flexibility index (Phi) is 5.83. The number of nitrogens with one attached hydrogen (secondary N) is 1. The van der Waals surface area contributed by atoms with Crippen LogP contribution in [0.1, 0.15) is 37.6 Å². The Morgan fingerprint density at radius 3 is 2.74 bits per heavy atom. The summed E-state index contributed by atoms with van der Waals surface area (Å²) in [5.74, 6) is -0.204. The summed E-state index contributed by atoms with van der Waals surface area (Å²) >= 11 is 9.32. The Labute approximate surface area is 127 Å². The molecule has 1 rings (SSSR count). The van der Waals surface area contributed by atoms with Crippen molar-refractivity contribution in [1.82, 2.24) is 5.32 Å². The van der Waals surface area contributed by atoms with E-state index in [1.165, 1.54) is 0 Å². The van der Waals surface area contributed by atoms with E-state index in [1.807, 2.05) is 13.8 Å². The first-order valence-corrected chi connectivity index (χ1v) is 7.30. The average molecular weight is 349 g/mol. The van der Waals surface area contributed by atoms with E-state index in [4.69, 9.17) is 11.6 Å². The number of aliphatic hydroxyl groups is 1. The van der Waals surface area contributed by atoms with Crippen molar-refractivity contribution in [3.05, 3.63) is 33.3 Å². The van der Waals surface area contributed by atoms with Gasteiger partial charge in [-0.05, 0) is 37.0 Å². The van der Waals surface area contributed by atoms with Crippen LogP contribution >= 0.6 is 27.5 Å². The topological polar surface area (TPSA) is 49.3 Å². The van der Waals surface area contributed by atoms with Gasteiger partial charge in [0.2, 0.25) is 0 Å². The number of halogens is 2. The molecule has 0 aliphatic rings. The van der Waals surface area contributed by atoms with Gasteiger partial charge < -0.3 is 10.4 Å². The molecule has 19 heavy (non-hydrogen) atoms. The lowest BCUT2D eigenvalue weighted by Gasteiger charge is -2.26. The van der Waals surface area contributed by atoms with Crippen molar-refractivity contribution in [2.24, 2.45) is 5.41 Å². The van der Waals surface area contributed by atoms with Crippen LogP contribution in [0, 0.1) is 5.41 Å². The summed E-state index contributed by atoms with van der Waals surface area (Å²) in [4.78, 5) is 12.1. The number of aliphatic hydroxyl groups excluding tert-OH is 1. The normalized spacial score (nSPS) is 13.2. The SMILES string of the molecule is CC(O)CC(C)(C)CNC(=O)c1cc(Br)ccc1Cl. The lowest BCUT2D eigenvalue weighted by atomic mass is 9.87. The first-order valence-electron chi connectivity index (χ1n) is 6.12. The van der Waals surface area contributed by atoms with Crippen LogP contribution in [0.15, 0.2) is 22.7 Å². The predicted molar refractivity (Wildman–Crippen MR) is 81.6 cm³/mol. The summed E-state index contributed by atoms with van der Waals surface area (Å²) in [6.45, 7) is 6.24. The molecule has 0 saturated heterocycles. The highest BCUT2D eigenvalue weighted by atomic mass is 79.9. The summed E-state index contributed by atoms with van der Waals surface area (Å²) in [7, 11) is 0. The fourth-order valence-corrected chi connectivity index (χ4v) is 2.52. The fourth-order valence-electron chi connectivity index (χ4n) is 1.96. The van der Waals surface area contributed by atoms with Crippen molar-refractivity contribution in [1.29, 1.82) is 0 Å². The van der Waals surface area contributed by atoms with E-state index in [-0.39, 0.29) is 17.4 Å². The maximum atomic E-state index is 12.1. The summed E-state index contributed by atoms with van der Waals surface area (Å²) in [5.41, 5.74) is 0.284. The molecule has 0 aliphatic carbocycles. The molecule has 1 aromatic carbocycles. The number of hydrogen-bond acceptors (Lipinski definition) is 2. The van der Waals surface area contributed by atoms with Crippen LogP contribution in [0.5, 0.6) is 0 Å². The van der Waals surface area contributed by atoms with Gasteiger partial charge in [0.25, 0.3) is 5.91 Å². The lowest BCUT2D eigenvalue weighted by Crippen LogP contribution is -2.35. The number of amides is 1. The number of carbonyl (C=O) groups excluding carboxylic acids is 1. The highest BCUT2D eigenvalue weighted by molar-refractivity contribution is 9.10. The van der Waals surface area contributed by atoms with Crippen LogP contribution in [0.2, 0.25) is 5.02 Å². The Balaban J connectivity index is 2.68. The van der Waals surface area contributed by atoms with Crippen molar-refractivity contribution < 1.29 is 9.90 Å². The van der Waals surface area contributed by atoms with Crippen molar-refractivity contribution in [3.63, 3.8) is 0 Å². The smallest absolute Gasteiger partial charge is 0.252 e. The van der Waals surface area contributed by atoms with Crippen LogP contribution in [-0.4, -0.2) is 23.7 Å². The molecule has 5 heteroatoms. The molecule has 0 fully saturated rings. The second-order valence-electron chi connectivity index (χ2n) is 5.52. The third-order valence-electron chi connectivity index (χ3n) is 2.75. The van der Waals surface area contributed by atoms with Crippen LogP contribution in [-0.2, 0) is 0 Å². The van der Waals surface area contributed by atoms with Crippen molar-refractivity contribution in [3.8, 4) is 0 Å². The molecule has 0 aromatic heterocycles. The molecule has 1 amide bonds. The maximum absolute atomic E-state index is 12.1. The van der Waals surface area contributed by atoms with Gasteiger partial charge in [0, 0.05) is 11.0 Å². The lowest BCUT2D eigenvalue weighted by molar-refractivity contribution is 0.0902. The molecule has 106 valence electrons. The van der Waals surface area contributed by atoms with Crippen LogP contribution in [0.4, 0.5) is 0 Å². The zero-order valence-corrected chi connectivity index (χ0v) is 13.7.